The third kappa shape index (κ3) is 10.7. The van der Waals surface area contributed by atoms with Gasteiger partial charge in [-0.15, -0.1) is 0 Å². The Labute approximate surface area is 129 Å². The van der Waals surface area contributed by atoms with Gasteiger partial charge in [-0.1, -0.05) is 26.2 Å². The minimum absolute atomic E-state index is 0.0682. The summed E-state index contributed by atoms with van der Waals surface area (Å²) in [5, 5.41) is 0. The Balaban J connectivity index is 1.81. The highest BCUT2D eigenvalue weighted by molar-refractivity contribution is 5.69. The fourth-order valence-electron chi connectivity index (χ4n) is 2.52. The molecule has 21 heavy (non-hydrogen) atoms. The van der Waals surface area contributed by atoms with E-state index < -0.39 is 0 Å². The molecular formula is C17H32O4. The number of esters is 1. The molecule has 0 aromatic heterocycles. The fraction of sp³-hybridized carbons (Fsp3) is 0.941. The monoisotopic (exact) mass is 300 g/mol. The van der Waals surface area contributed by atoms with Crippen LogP contribution in [0.1, 0.15) is 71.1 Å². The van der Waals surface area contributed by atoms with E-state index in [0.29, 0.717) is 26.2 Å². The molecule has 0 atom stereocenters. The average Bonchev–Trinajstić information content (AvgIpc) is 2.50. The van der Waals surface area contributed by atoms with E-state index in [9.17, 15) is 4.79 Å². The van der Waals surface area contributed by atoms with Gasteiger partial charge in [0, 0.05) is 19.6 Å². The highest BCUT2D eigenvalue weighted by Crippen LogP contribution is 2.20. The van der Waals surface area contributed by atoms with Crippen molar-refractivity contribution in [2.75, 3.05) is 26.4 Å². The maximum atomic E-state index is 11.6. The van der Waals surface area contributed by atoms with E-state index in [-0.39, 0.29) is 12.1 Å². The second-order valence-electron chi connectivity index (χ2n) is 5.79. The quantitative estimate of drug-likeness (QED) is 0.405. The Hall–Kier alpha value is -0.610. The maximum Gasteiger partial charge on any atom is 0.306 e. The van der Waals surface area contributed by atoms with Crippen molar-refractivity contribution in [3.8, 4) is 0 Å². The lowest BCUT2D eigenvalue weighted by Gasteiger charge is -2.21. The van der Waals surface area contributed by atoms with E-state index >= 15 is 0 Å². The topological polar surface area (TPSA) is 44.8 Å². The molecule has 0 N–H and O–H groups in total. The summed E-state index contributed by atoms with van der Waals surface area (Å²) in [6.07, 6.45) is 10.7. The number of hydrogen-bond donors (Lipinski definition) is 0. The van der Waals surface area contributed by atoms with Crippen molar-refractivity contribution >= 4 is 5.97 Å². The van der Waals surface area contributed by atoms with Crippen molar-refractivity contribution in [1.82, 2.24) is 0 Å². The molecule has 1 fully saturated rings. The van der Waals surface area contributed by atoms with Gasteiger partial charge in [0.2, 0.25) is 0 Å². The van der Waals surface area contributed by atoms with Crippen LogP contribution in [-0.4, -0.2) is 38.5 Å². The third-order valence-electron chi connectivity index (χ3n) is 3.78. The Morgan fingerprint density at radius 3 is 2.24 bits per heavy atom. The minimum Gasteiger partial charge on any atom is -0.462 e. The molecule has 0 bridgehead atoms. The minimum atomic E-state index is -0.0682. The highest BCUT2D eigenvalue weighted by Gasteiger charge is 2.17. The van der Waals surface area contributed by atoms with E-state index in [1.807, 2.05) is 0 Å². The van der Waals surface area contributed by atoms with E-state index in [2.05, 4.69) is 6.92 Å². The van der Waals surface area contributed by atoms with Crippen LogP contribution in [0.25, 0.3) is 0 Å². The van der Waals surface area contributed by atoms with Crippen LogP contribution < -0.4 is 0 Å². The van der Waals surface area contributed by atoms with Crippen LogP contribution in [0.3, 0.4) is 0 Å². The first-order valence-electron chi connectivity index (χ1n) is 8.68. The summed E-state index contributed by atoms with van der Waals surface area (Å²) >= 11 is 0. The molecule has 0 radical (unpaired) electrons. The summed E-state index contributed by atoms with van der Waals surface area (Å²) in [6.45, 7) is 4.88. The molecule has 0 aliphatic heterocycles. The lowest BCUT2D eigenvalue weighted by Crippen LogP contribution is -2.21. The summed E-state index contributed by atoms with van der Waals surface area (Å²) < 4.78 is 16.3. The van der Waals surface area contributed by atoms with Gasteiger partial charge in [-0.3, -0.25) is 4.79 Å². The predicted octanol–water partition coefficient (Wildman–Crippen LogP) is 3.87. The van der Waals surface area contributed by atoms with Gasteiger partial charge in [0.05, 0.1) is 13.2 Å². The van der Waals surface area contributed by atoms with Gasteiger partial charge in [-0.25, -0.2) is 0 Å². The smallest absolute Gasteiger partial charge is 0.306 e. The number of hydrogen-bond acceptors (Lipinski definition) is 4. The number of ether oxygens (including phenoxy) is 3. The molecule has 0 aromatic rings. The standard InChI is InChI=1S/C17H32O4/c1-2-3-7-12-19-14-15-20-13-8-11-17(18)21-16-9-5-4-6-10-16/h16H,2-15H2,1H3. The Morgan fingerprint density at radius 1 is 0.905 bits per heavy atom. The lowest BCUT2D eigenvalue weighted by atomic mass is 9.98. The van der Waals surface area contributed by atoms with Gasteiger partial charge in [0.25, 0.3) is 0 Å². The number of rotatable bonds is 12. The Kier molecular flexibility index (Phi) is 11.5. The van der Waals surface area contributed by atoms with Crippen LogP contribution in [0.15, 0.2) is 0 Å². The van der Waals surface area contributed by atoms with Crippen LogP contribution in [0.4, 0.5) is 0 Å². The normalized spacial score (nSPS) is 16.0. The van der Waals surface area contributed by atoms with Crippen molar-refractivity contribution in [2.45, 2.75) is 77.2 Å². The van der Waals surface area contributed by atoms with Crippen LogP contribution in [0.5, 0.6) is 0 Å². The summed E-state index contributed by atoms with van der Waals surface area (Å²) in [5.74, 6) is -0.0682. The van der Waals surface area contributed by atoms with Crippen LogP contribution in [-0.2, 0) is 19.0 Å². The molecule has 0 heterocycles. The molecule has 1 aliphatic rings. The van der Waals surface area contributed by atoms with Gasteiger partial charge in [0.1, 0.15) is 6.10 Å². The van der Waals surface area contributed by atoms with Gasteiger partial charge in [-0.05, 0) is 38.5 Å². The first kappa shape index (κ1) is 18.4. The molecule has 4 nitrogen and oxygen atoms in total. The Bertz CT molecular complexity index is 249. The summed E-state index contributed by atoms with van der Waals surface area (Å²) in [5.41, 5.74) is 0. The van der Waals surface area contributed by atoms with Crippen molar-refractivity contribution in [3.63, 3.8) is 0 Å². The second kappa shape index (κ2) is 13.1. The van der Waals surface area contributed by atoms with E-state index in [4.69, 9.17) is 14.2 Å². The zero-order valence-corrected chi connectivity index (χ0v) is 13.6. The van der Waals surface area contributed by atoms with Crippen molar-refractivity contribution in [3.05, 3.63) is 0 Å². The molecule has 0 amide bonds. The Morgan fingerprint density at radius 2 is 1.57 bits per heavy atom. The van der Waals surface area contributed by atoms with E-state index in [1.165, 1.54) is 32.1 Å². The molecule has 0 saturated heterocycles. The number of carbonyl (C=O) groups excluding carboxylic acids is 1. The average molecular weight is 300 g/mol. The lowest BCUT2D eigenvalue weighted by molar-refractivity contribution is -0.150. The van der Waals surface area contributed by atoms with Crippen molar-refractivity contribution < 1.29 is 19.0 Å². The third-order valence-corrected chi connectivity index (χ3v) is 3.78. The second-order valence-corrected chi connectivity index (χ2v) is 5.79. The molecule has 1 saturated carbocycles. The first-order valence-corrected chi connectivity index (χ1v) is 8.68. The largest absolute Gasteiger partial charge is 0.462 e. The highest BCUT2D eigenvalue weighted by atomic mass is 16.5. The van der Waals surface area contributed by atoms with E-state index in [0.717, 1.165) is 32.3 Å². The number of carbonyl (C=O) groups is 1. The summed E-state index contributed by atoms with van der Waals surface area (Å²) in [6, 6.07) is 0. The molecule has 0 aromatic carbocycles. The van der Waals surface area contributed by atoms with Crippen molar-refractivity contribution in [1.29, 1.82) is 0 Å². The van der Waals surface area contributed by atoms with Crippen molar-refractivity contribution in [2.24, 2.45) is 0 Å². The molecule has 0 unspecified atom stereocenters. The molecule has 124 valence electrons. The molecule has 1 aliphatic carbocycles. The molecule has 1 rings (SSSR count). The van der Waals surface area contributed by atoms with Gasteiger partial charge >= 0.3 is 5.97 Å². The SMILES string of the molecule is CCCCCOCCOCCCC(=O)OC1CCCCC1. The molecule has 0 spiro atoms. The predicted molar refractivity (Wildman–Crippen MR) is 83.4 cm³/mol. The van der Waals surface area contributed by atoms with Gasteiger partial charge < -0.3 is 14.2 Å². The zero-order valence-electron chi connectivity index (χ0n) is 13.6. The summed E-state index contributed by atoms with van der Waals surface area (Å²) in [4.78, 5) is 11.6. The molecular weight excluding hydrogens is 268 g/mol. The fourth-order valence-corrected chi connectivity index (χ4v) is 2.52. The van der Waals surface area contributed by atoms with Crippen LogP contribution >= 0.6 is 0 Å². The van der Waals surface area contributed by atoms with Crippen LogP contribution in [0.2, 0.25) is 0 Å². The first-order chi connectivity index (χ1) is 10.3. The zero-order chi connectivity index (χ0) is 15.2. The van der Waals surface area contributed by atoms with E-state index in [1.54, 1.807) is 0 Å². The number of unbranched alkanes of at least 4 members (excludes halogenated alkanes) is 2. The molecule has 4 heteroatoms. The van der Waals surface area contributed by atoms with Gasteiger partial charge in [0.15, 0.2) is 0 Å². The van der Waals surface area contributed by atoms with Crippen LogP contribution in [0, 0.1) is 0 Å². The summed E-state index contributed by atoms with van der Waals surface area (Å²) in [7, 11) is 0. The maximum absolute atomic E-state index is 11.6. The van der Waals surface area contributed by atoms with Gasteiger partial charge in [-0.2, -0.15) is 0 Å².